The standard InChI is InChI=1S/C11H21N3O4S/c1-7(8(15)16)14-9(19)12-5-6-13-10(17)18-11(2,3)4/h7H,5-6H2,1-4H3,(H,13,17)(H,15,16)(H2,12,14,19). The Hall–Kier alpha value is -1.57. The molecular weight excluding hydrogens is 270 g/mol. The van der Waals surface area contributed by atoms with Gasteiger partial charge in [0.05, 0.1) is 0 Å². The molecule has 19 heavy (non-hydrogen) atoms. The van der Waals surface area contributed by atoms with E-state index in [1.165, 1.54) is 6.92 Å². The Morgan fingerprint density at radius 3 is 2.26 bits per heavy atom. The van der Waals surface area contributed by atoms with Crippen molar-refractivity contribution in [3.05, 3.63) is 0 Å². The summed E-state index contributed by atoms with van der Waals surface area (Å²) < 4.78 is 5.04. The van der Waals surface area contributed by atoms with Gasteiger partial charge in [-0.3, -0.25) is 4.79 Å². The van der Waals surface area contributed by atoms with Crippen LogP contribution in [-0.2, 0) is 9.53 Å². The maximum absolute atomic E-state index is 11.3. The molecule has 7 nitrogen and oxygen atoms in total. The zero-order valence-electron chi connectivity index (χ0n) is 11.6. The first-order chi connectivity index (χ1) is 8.61. The van der Waals surface area contributed by atoms with Crippen LogP contribution in [0.25, 0.3) is 0 Å². The van der Waals surface area contributed by atoms with E-state index >= 15 is 0 Å². The van der Waals surface area contributed by atoms with Crippen LogP contribution in [0.15, 0.2) is 0 Å². The predicted molar refractivity (Wildman–Crippen MR) is 75.1 cm³/mol. The first-order valence-corrected chi connectivity index (χ1v) is 6.26. The number of carboxylic acid groups (broad SMARTS) is 1. The quantitative estimate of drug-likeness (QED) is 0.431. The van der Waals surface area contributed by atoms with E-state index in [2.05, 4.69) is 16.0 Å². The van der Waals surface area contributed by atoms with Gasteiger partial charge in [0.25, 0.3) is 0 Å². The lowest BCUT2D eigenvalue weighted by Crippen LogP contribution is -2.46. The van der Waals surface area contributed by atoms with Crippen LogP contribution in [0.5, 0.6) is 0 Å². The summed E-state index contributed by atoms with van der Waals surface area (Å²) in [5.74, 6) is -0.990. The van der Waals surface area contributed by atoms with Gasteiger partial charge in [-0.05, 0) is 39.9 Å². The van der Waals surface area contributed by atoms with Crippen LogP contribution < -0.4 is 16.0 Å². The summed E-state index contributed by atoms with van der Waals surface area (Å²) in [6.45, 7) is 7.50. The van der Waals surface area contributed by atoms with Crippen molar-refractivity contribution in [1.29, 1.82) is 0 Å². The lowest BCUT2D eigenvalue weighted by Gasteiger charge is -2.20. The average Bonchev–Trinajstić information content (AvgIpc) is 2.21. The Morgan fingerprint density at radius 2 is 1.79 bits per heavy atom. The second kappa shape index (κ2) is 7.78. The van der Waals surface area contributed by atoms with Crippen LogP contribution in [0, 0.1) is 0 Å². The number of carbonyl (C=O) groups excluding carboxylic acids is 1. The van der Waals surface area contributed by atoms with Gasteiger partial charge >= 0.3 is 12.1 Å². The molecule has 0 radical (unpaired) electrons. The van der Waals surface area contributed by atoms with Gasteiger partial charge in [-0.25, -0.2) is 4.79 Å². The molecule has 4 N–H and O–H groups in total. The molecule has 0 aliphatic heterocycles. The van der Waals surface area contributed by atoms with E-state index in [1.54, 1.807) is 20.8 Å². The van der Waals surface area contributed by atoms with E-state index in [-0.39, 0.29) is 5.11 Å². The van der Waals surface area contributed by atoms with Crippen molar-refractivity contribution in [2.45, 2.75) is 39.3 Å². The molecule has 0 aromatic carbocycles. The van der Waals surface area contributed by atoms with E-state index < -0.39 is 23.7 Å². The number of carboxylic acids is 1. The Kier molecular flexibility index (Phi) is 7.13. The SMILES string of the molecule is CC(NC(=S)NCCNC(=O)OC(C)(C)C)C(=O)O. The maximum atomic E-state index is 11.3. The summed E-state index contributed by atoms with van der Waals surface area (Å²) >= 11 is 4.89. The normalized spacial score (nSPS) is 12.2. The fourth-order valence-electron chi connectivity index (χ4n) is 0.964. The van der Waals surface area contributed by atoms with E-state index in [4.69, 9.17) is 22.1 Å². The van der Waals surface area contributed by atoms with E-state index in [0.29, 0.717) is 13.1 Å². The zero-order chi connectivity index (χ0) is 15.1. The highest BCUT2D eigenvalue weighted by atomic mass is 32.1. The zero-order valence-corrected chi connectivity index (χ0v) is 12.4. The Labute approximate surface area is 118 Å². The number of alkyl carbamates (subject to hydrolysis) is 1. The second-order valence-corrected chi connectivity index (χ2v) is 5.30. The molecule has 110 valence electrons. The van der Waals surface area contributed by atoms with Crippen molar-refractivity contribution in [3.63, 3.8) is 0 Å². The van der Waals surface area contributed by atoms with Gasteiger partial charge in [0, 0.05) is 13.1 Å². The Bertz CT molecular complexity index is 341. The molecule has 1 atom stereocenters. The van der Waals surface area contributed by atoms with Gasteiger partial charge in [0.2, 0.25) is 0 Å². The number of ether oxygens (including phenoxy) is 1. The molecule has 0 aromatic rings. The average molecular weight is 291 g/mol. The molecule has 0 spiro atoms. The van der Waals surface area contributed by atoms with E-state index in [9.17, 15) is 9.59 Å². The molecule has 0 saturated heterocycles. The van der Waals surface area contributed by atoms with Crippen molar-refractivity contribution >= 4 is 29.4 Å². The number of amides is 1. The molecule has 0 fully saturated rings. The Morgan fingerprint density at radius 1 is 1.26 bits per heavy atom. The summed E-state index contributed by atoms with van der Waals surface area (Å²) in [6.07, 6.45) is -0.507. The smallest absolute Gasteiger partial charge is 0.407 e. The lowest BCUT2D eigenvalue weighted by molar-refractivity contribution is -0.138. The van der Waals surface area contributed by atoms with Crippen molar-refractivity contribution in [3.8, 4) is 0 Å². The van der Waals surface area contributed by atoms with Crippen molar-refractivity contribution in [2.75, 3.05) is 13.1 Å². The molecule has 0 aliphatic carbocycles. The Balaban J connectivity index is 3.72. The summed E-state index contributed by atoms with van der Waals surface area (Å²) in [5.41, 5.74) is -0.536. The third-order valence-corrected chi connectivity index (χ3v) is 2.06. The number of rotatable bonds is 5. The van der Waals surface area contributed by atoms with Crippen LogP contribution >= 0.6 is 12.2 Å². The van der Waals surface area contributed by atoms with E-state index in [1.807, 2.05) is 0 Å². The minimum Gasteiger partial charge on any atom is -0.480 e. The topological polar surface area (TPSA) is 99.7 Å². The monoisotopic (exact) mass is 291 g/mol. The van der Waals surface area contributed by atoms with Gasteiger partial charge in [-0.15, -0.1) is 0 Å². The van der Waals surface area contributed by atoms with Crippen molar-refractivity contribution in [2.24, 2.45) is 0 Å². The first-order valence-electron chi connectivity index (χ1n) is 5.86. The number of nitrogens with one attached hydrogen (secondary N) is 3. The minimum atomic E-state index is -0.990. The van der Waals surface area contributed by atoms with Crippen LogP contribution in [0.1, 0.15) is 27.7 Å². The summed E-state index contributed by atoms with van der Waals surface area (Å²) in [4.78, 5) is 21.8. The molecule has 0 bridgehead atoms. The summed E-state index contributed by atoms with van der Waals surface area (Å²) in [7, 11) is 0. The van der Waals surface area contributed by atoms with Gasteiger partial charge in [-0.2, -0.15) is 0 Å². The highest BCUT2D eigenvalue weighted by Crippen LogP contribution is 2.05. The third kappa shape index (κ3) is 10.1. The van der Waals surface area contributed by atoms with Crippen molar-refractivity contribution in [1.82, 2.24) is 16.0 Å². The maximum Gasteiger partial charge on any atom is 0.407 e. The van der Waals surface area contributed by atoms with Crippen molar-refractivity contribution < 1.29 is 19.4 Å². The number of thiocarbonyl (C=S) groups is 1. The highest BCUT2D eigenvalue weighted by Gasteiger charge is 2.15. The van der Waals surface area contributed by atoms with Gasteiger partial charge in [-0.1, -0.05) is 0 Å². The molecule has 1 amide bonds. The van der Waals surface area contributed by atoms with Crippen LogP contribution in [-0.4, -0.2) is 47.0 Å². The molecule has 8 heteroatoms. The second-order valence-electron chi connectivity index (χ2n) is 4.89. The number of hydrogen-bond donors (Lipinski definition) is 4. The molecule has 0 rings (SSSR count). The molecule has 1 unspecified atom stereocenters. The largest absolute Gasteiger partial charge is 0.480 e. The van der Waals surface area contributed by atoms with Gasteiger partial charge in [0.1, 0.15) is 11.6 Å². The molecular formula is C11H21N3O4S. The fourth-order valence-corrected chi connectivity index (χ4v) is 1.24. The molecule has 0 saturated carbocycles. The van der Waals surface area contributed by atoms with Crippen LogP contribution in [0.3, 0.4) is 0 Å². The fraction of sp³-hybridized carbons (Fsp3) is 0.727. The number of hydrogen-bond acceptors (Lipinski definition) is 4. The summed E-state index contributed by atoms with van der Waals surface area (Å²) in [6, 6.07) is -0.765. The minimum absolute atomic E-state index is 0.223. The summed E-state index contributed by atoms with van der Waals surface area (Å²) in [5, 5.41) is 16.8. The first kappa shape index (κ1) is 17.4. The van der Waals surface area contributed by atoms with Crippen LogP contribution in [0.4, 0.5) is 4.79 Å². The number of aliphatic carboxylic acids is 1. The molecule has 0 aromatic heterocycles. The number of carbonyl (C=O) groups is 2. The van der Waals surface area contributed by atoms with Gasteiger partial charge in [0.15, 0.2) is 5.11 Å². The van der Waals surface area contributed by atoms with Crippen LogP contribution in [0.2, 0.25) is 0 Å². The highest BCUT2D eigenvalue weighted by molar-refractivity contribution is 7.80. The lowest BCUT2D eigenvalue weighted by atomic mass is 10.2. The molecule has 0 heterocycles. The molecule has 0 aliphatic rings. The van der Waals surface area contributed by atoms with Gasteiger partial charge < -0.3 is 25.8 Å². The third-order valence-electron chi connectivity index (χ3n) is 1.80. The predicted octanol–water partition coefficient (Wildman–Crippen LogP) is 0.448. The van der Waals surface area contributed by atoms with E-state index in [0.717, 1.165) is 0 Å².